The van der Waals surface area contributed by atoms with E-state index in [1.54, 1.807) is 19.1 Å². The molecule has 1 aromatic heterocycles. The summed E-state index contributed by atoms with van der Waals surface area (Å²) in [4.78, 5) is 30.4. The lowest BCUT2D eigenvalue weighted by atomic mass is 9.98. The van der Waals surface area contributed by atoms with Gasteiger partial charge in [-0.2, -0.15) is 4.98 Å². The van der Waals surface area contributed by atoms with Crippen molar-refractivity contribution in [2.24, 2.45) is 5.92 Å². The first-order valence-corrected chi connectivity index (χ1v) is 8.88. The van der Waals surface area contributed by atoms with E-state index in [0.717, 1.165) is 24.0 Å². The average molecular weight is 371 g/mol. The van der Waals surface area contributed by atoms with Gasteiger partial charge in [0.15, 0.2) is 17.2 Å². The summed E-state index contributed by atoms with van der Waals surface area (Å²) >= 11 is 0. The molecule has 1 fully saturated rings. The number of oxazole rings is 1. The smallest absolute Gasteiger partial charge is 0.302 e. The Bertz CT molecular complexity index is 887. The van der Waals surface area contributed by atoms with Gasteiger partial charge in [0.05, 0.1) is 14.2 Å². The number of methoxy groups -OCH3 is 2. The van der Waals surface area contributed by atoms with Crippen molar-refractivity contribution in [2.45, 2.75) is 25.8 Å². The number of ether oxygens (including phenoxy) is 2. The molecule has 2 amide bonds. The highest BCUT2D eigenvalue weighted by molar-refractivity contribution is 5.95. The van der Waals surface area contributed by atoms with Crippen LogP contribution in [0.1, 0.15) is 34.5 Å². The normalized spacial score (nSPS) is 15.9. The van der Waals surface area contributed by atoms with Crippen LogP contribution >= 0.6 is 0 Å². The van der Waals surface area contributed by atoms with Gasteiger partial charge in [-0.25, -0.2) is 0 Å². The second-order valence-corrected chi connectivity index (χ2v) is 6.75. The number of carbonyl (C=O) groups is 2. The molecule has 27 heavy (non-hydrogen) atoms. The first-order chi connectivity index (χ1) is 13.1. The number of aromatic nitrogens is 1. The van der Waals surface area contributed by atoms with Crippen LogP contribution in [-0.2, 0) is 17.8 Å². The lowest BCUT2D eigenvalue weighted by Gasteiger charge is -2.29. The van der Waals surface area contributed by atoms with Gasteiger partial charge in [0.1, 0.15) is 6.26 Å². The van der Waals surface area contributed by atoms with Crippen LogP contribution in [0, 0.1) is 5.92 Å². The molecule has 8 nitrogen and oxygen atoms in total. The van der Waals surface area contributed by atoms with E-state index in [4.69, 9.17) is 13.9 Å². The molecule has 142 valence electrons. The van der Waals surface area contributed by atoms with E-state index < -0.39 is 0 Å². The number of nitrogens with zero attached hydrogens (tertiary/aromatic N) is 2. The minimum Gasteiger partial charge on any atom is -0.493 e. The van der Waals surface area contributed by atoms with Gasteiger partial charge in [-0.05, 0) is 42.5 Å². The quantitative estimate of drug-likeness (QED) is 0.866. The zero-order valence-corrected chi connectivity index (χ0v) is 15.3. The van der Waals surface area contributed by atoms with Crippen LogP contribution in [-0.4, -0.2) is 42.5 Å². The molecule has 4 rings (SSSR count). The SMILES string of the molecule is COc1cc2c(cc1OC)CN(C(=O)c1coc(NC(=O)C3CC3)n1)CC2. The molecule has 1 N–H and O–H groups in total. The molecule has 2 heterocycles. The van der Waals surface area contributed by atoms with Gasteiger partial charge < -0.3 is 18.8 Å². The van der Waals surface area contributed by atoms with Crippen molar-refractivity contribution < 1.29 is 23.5 Å². The van der Waals surface area contributed by atoms with Crippen LogP contribution in [0.15, 0.2) is 22.8 Å². The number of rotatable bonds is 5. The molecule has 0 radical (unpaired) electrons. The molecule has 2 aromatic rings. The second kappa shape index (κ2) is 6.94. The summed E-state index contributed by atoms with van der Waals surface area (Å²) in [6.45, 7) is 1.02. The third-order valence-corrected chi connectivity index (χ3v) is 4.91. The Morgan fingerprint density at radius 3 is 2.56 bits per heavy atom. The van der Waals surface area contributed by atoms with Gasteiger partial charge in [0.25, 0.3) is 5.91 Å². The molecule has 2 aliphatic rings. The first kappa shape index (κ1) is 17.4. The minimum absolute atomic E-state index is 0.0432. The summed E-state index contributed by atoms with van der Waals surface area (Å²) in [5, 5.41) is 2.61. The third-order valence-electron chi connectivity index (χ3n) is 4.91. The van der Waals surface area contributed by atoms with E-state index in [2.05, 4.69) is 10.3 Å². The monoisotopic (exact) mass is 371 g/mol. The molecule has 1 aromatic carbocycles. The van der Waals surface area contributed by atoms with E-state index in [-0.39, 0.29) is 29.4 Å². The fraction of sp³-hybridized carbons (Fsp3) is 0.421. The second-order valence-electron chi connectivity index (χ2n) is 6.75. The van der Waals surface area contributed by atoms with Crippen LogP contribution in [0.2, 0.25) is 0 Å². The summed E-state index contributed by atoms with van der Waals surface area (Å²) in [6.07, 6.45) is 3.78. The predicted molar refractivity (Wildman–Crippen MR) is 95.8 cm³/mol. The molecule has 1 aliphatic carbocycles. The Kier molecular flexibility index (Phi) is 4.47. The Balaban J connectivity index is 1.47. The van der Waals surface area contributed by atoms with E-state index in [1.165, 1.54) is 6.26 Å². The zero-order valence-electron chi connectivity index (χ0n) is 15.3. The minimum atomic E-state index is -0.230. The lowest BCUT2D eigenvalue weighted by Crippen LogP contribution is -2.36. The van der Waals surface area contributed by atoms with Crippen LogP contribution in [0.3, 0.4) is 0 Å². The highest BCUT2D eigenvalue weighted by Crippen LogP contribution is 2.33. The fourth-order valence-corrected chi connectivity index (χ4v) is 3.20. The van der Waals surface area contributed by atoms with E-state index in [0.29, 0.717) is 31.0 Å². The summed E-state index contributed by atoms with van der Waals surface area (Å²) in [6, 6.07) is 3.93. The van der Waals surface area contributed by atoms with Gasteiger partial charge in [0, 0.05) is 19.0 Å². The standard InChI is InChI=1S/C19H21N3O5/c1-25-15-7-12-5-6-22(9-13(12)8-16(15)26-2)18(24)14-10-27-19(20-14)21-17(23)11-3-4-11/h7-8,10-11H,3-6,9H2,1-2H3,(H,20,21,23). The third kappa shape index (κ3) is 3.47. The van der Waals surface area contributed by atoms with Crippen molar-refractivity contribution in [3.63, 3.8) is 0 Å². The molecule has 1 saturated carbocycles. The number of hydrogen-bond donors (Lipinski definition) is 1. The number of carbonyl (C=O) groups excluding carboxylic acids is 2. The number of anilines is 1. The van der Waals surface area contributed by atoms with Crippen molar-refractivity contribution in [1.82, 2.24) is 9.88 Å². The maximum atomic E-state index is 12.8. The van der Waals surface area contributed by atoms with Gasteiger partial charge in [-0.1, -0.05) is 0 Å². The van der Waals surface area contributed by atoms with Crippen LogP contribution in [0.5, 0.6) is 11.5 Å². The highest BCUT2D eigenvalue weighted by atomic mass is 16.5. The molecule has 0 unspecified atom stereocenters. The molecule has 8 heteroatoms. The van der Waals surface area contributed by atoms with E-state index in [9.17, 15) is 9.59 Å². The van der Waals surface area contributed by atoms with Crippen molar-refractivity contribution in [2.75, 3.05) is 26.1 Å². The van der Waals surface area contributed by atoms with Crippen molar-refractivity contribution in [1.29, 1.82) is 0 Å². The summed E-state index contributed by atoms with van der Waals surface area (Å²) in [5.41, 5.74) is 2.33. The topological polar surface area (TPSA) is 93.9 Å². The Morgan fingerprint density at radius 1 is 1.19 bits per heavy atom. The molecular formula is C19H21N3O5. The molecular weight excluding hydrogens is 350 g/mol. The average Bonchev–Trinajstić information content (AvgIpc) is 3.45. The number of fused-ring (bicyclic) bond motifs is 1. The highest BCUT2D eigenvalue weighted by Gasteiger charge is 2.31. The van der Waals surface area contributed by atoms with Gasteiger partial charge in [-0.3, -0.25) is 14.9 Å². The maximum Gasteiger partial charge on any atom is 0.302 e. The number of nitrogens with one attached hydrogen (secondary N) is 1. The van der Waals surface area contributed by atoms with Crippen molar-refractivity contribution in [3.8, 4) is 11.5 Å². The predicted octanol–water partition coefficient (Wildman–Crippen LogP) is 2.24. The van der Waals surface area contributed by atoms with E-state index >= 15 is 0 Å². The zero-order chi connectivity index (χ0) is 19.0. The molecule has 0 saturated heterocycles. The Hall–Kier alpha value is -3.03. The Labute approximate surface area is 156 Å². The van der Waals surface area contributed by atoms with Crippen LogP contribution in [0.25, 0.3) is 0 Å². The summed E-state index contributed by atoms with van der Waals surface area (Å²) in [7, 11) is 3.19. The molecule has 0 spiro atoms. The van der Waals surface area contributed by atoms with E-state index in [1.807, 2.05) is 12.1 Å². The largest absolute Gasteiger partial charge is 0.493 e. The van der Waals surface area contributed by atoms with Crippen molar-refractivity contribution >= 4 is 17.8 Å². The lowest BCUT2D eigenvalue weighted by molar-refractivity contribution is -0.117. The van der Waals surface area contributed by atoms with Gasteiger partial charge >= 0.3 is 6.01 Å². The fourth-order valence-electron chi connectivity index (χ4n) is 3.20. The summed E-state index contributed by atoms with van der Waals surface area (Å²) in [5.74, 6) is 1.03. The number of amides is 2. The summed E-state index contributed by atoms with van der Waals surface area (Å²) < 4.78 is 15.9. The van der Waals surface area contributed by atoms with Crippen molar-refractivity contribution in [3.05, 3.63) is 35.2 Å². The van der Waals surface area contributed by atoms with Crippen LogP contribution < -0.4 is 14.8 Å². The molecule has 0 atom stereocenters. The molecule has 1 aliphatic heterocycles. The Morgan fingerprint density at radius 2 is 1.89 bits per heavy atom. The molecule has 0 bridgehead atoms. The van der Waals surface area contributed by atoms with Crippen LogP contribution in [0.4, 0.5) is 6.01 Å². The maximum absolute atomic E-state index is 12.8. The number of benzene rings is 1. The first-order valence-electron chi connectivity index (χ1n) is 8.88. The van der Waals surface area contributed by atoms with Gasteiger partial charge in [0.2, 0.25) is 5.91 Å². The number of hydrogen-bond acceptors (Lipinski definition) is 6. The van der Waals surface area contributed by atoms with Gasteiger partial charge in [-0.15, -0.1) is 0 Å².